The predicted molar refractivity (Wildman–Crippen MR) is 109 cm³/mol. The highest BCUT2D eigenvalue weighted by Gasteiger charge is 2.44. The summed E-state index contributed by atoms with van der Waals surface area (Å²) < 4.78 is 12.3. The summed E-state index contributed by atoms with van der Waals surface area (Å²) in [5.41, 5.74) is 7.91. The number of amidine groups is 1. The summed E-state index contributed by atoms with van der Waals surface area (Å²) in [6, 6.07) is 13.6. The summed E-state index contributed by atoms with van der Waals surface area (Å²) in [5.74, 6) is -0.760. The zero-order valence-corrected chi connectivity index (χ0v) is 16.6. The molecular formula is C21H22FN3O2S. The van der Waals surface area contributed by atoms with Gasteiger partial charge in [-0.05, 0) is 49.1 Å². The first-order valence-corrected chi connectivity index (χ1v) is 9.81. The number of carbonyl (C=O) groups excluding carboxylic acids is 2. The van der Waals surface area contributed by atoms with E-state index in [0.717, 1.165) is 16.7 Å². The molecule has 5 nitrogen and oxygen atoms in total. The molecule has 3 N–H and O–H groups in total. The SMILES string of the molecule is C[C@H](N=C1NC(=O)C(C)(c2ccc(CCC(N)=O)cc2)S1)c1ccc(F)cc1. The number of nitrogens with two attached hydrogens (primary N) is 1. The molecule has 0 radical (unpaired) electrons. The van der Waals surface area contributed by atoms with Gasteiger partial charge in [-0.25, -0.2) is 4.39 Å². The highest BCUT2D eigenvalue weighted by atomic mass is 32.2. The number of primary amides is 1. The van der Waals surface area contributed by atoms with E-state index >= 15 is 0 Å². The molecular weight excluding hydrogens is 377 g/mol. The predicted octanol–water partition coefficient (Wildman–Crippen LogP) is 3.44. The lowest BCUT2D eigenvalue weighted by Crippen LogP contribution is -2.31. The molecule has 28 heavy (non-hydrogen) atoms. The minimum absolute atomic E-state index is 0.132. The van der Waals surface area contributed by atoms with E-state index in [-0.39, 0.29) is 23.7 Å². The van der Waals surface area contributed by atoms with E-state index in [1.807, 2.05) is 38.1 Å². The second-order valence-corrected chi connectivity index (χ2v) is 8.32. The number of nitrogens with zero attached hydrogens (tertiary/aromatic N) is 1. The molecule has 1 aliphatic rings. The first-order chi connectivity index (χ1) is 13.3. The highest BCUT2D eigenvalue weighted by molar-refractivity contribution is 8.15. The molecule has 2 aromatic rings. The third-order valence-corrected chi connectivity index (χ3v) is 6.01. The molecule has 1 heterocycles. The van der Waals surface area contributed by atoms with Crippen molar-refractivity contribution in [3.05, 3.63) is 71.0 Å². The van der Waals surface area contributed by atoms with Gasteiger partial charge in [-0.2, -0.15) is 0 Å². The van der Waals surface area contributed by atoms with Crippen LogP contribution in [0.3, 0.4) is 0 Å². The number of nitrogens with one attached hydrogen (secondary N) is 1. The lowest BCUT2D eigenvalue weighted by Gasteiger charge is -2.19. The van der Waals surface area contributed by atoms with Crippen LogP contribution < -0.4 is 11.1 Å². The Bertz CT molecular complexity index is 912. The Labute approximate surface area is 167 Å². The molecule has 2 atom stereocenters. The van der Waals surface area contributed by atoms with E-state index in [0.29, 0.717) is 18.0 Å². The molecule has 2 aromatic carbocycles. The lowest BCUT2D eigenvalue weighted by atomic mass is 9.97. The molecule has 0 bridgehead atoms. The zero-order valence-electron chi connectivity index (χ0n) is 15.7. The van der Waals surface area contributed by atoms with E-state index in [4.69, 9.17) is 5.73 Å². The molecule has 0 aromatic heterocycles. The first kappa shape index (κ1) is 20.1. The van der Waals surface area contributed by atoms with Crippen molar-refractivity contribution in [2.45, 2.75) is 37.5 Å². The van der Waals surface area contributed by atoms with Crippen molar-refractivity contribution in [3.63, 3.8) is 0 Å². The minimum Gasteiger partial charge on any atom is -0.370 e. The van der Waals surface area contributed by atoms with Gasteiger partial charge in [0.1, 0.15) is 10.6 Å². The fourth-order valence-electron chi connectivity index (χ4n) is 2.98. The molecule has 7 heteroatoms. The number of benzene rings is 2. The smallest absolute Gasteiger partial charge is 0.246 e. The Morgan fingerprint density at radius 2 is 1.86 bits per heavy atom. The molecule has 3 rings (SSSR count). The fraction of sp³-hybridized carbons (Fsp3) is 0.286. The molecule has 0 aliphatic carbocycles. The number of rotatable bonds is 6. The molecule has 1 saturated heterocycles. The molecule has 2 amide bonds. The van der Waals surface area contributed by atoms with E-state index in [1.54, 1.807) is 12.1 Å². The maximum Gasteiger partial charge on any atom is 0.246 e. The van der Waals surface area contributed by atoms with Crippen LogP contribution >= 0.6 is 11.8 Å². The molecule has 1 unspecified atom stereocenters. The average Bonchev–Trinajstić information content (AvgIpc) is 2.95. The van der Waals surface area contributed by atoms with E-state index in [9.17, 15) is 14.0 Å². The van der Waals surface area contributed by atoms with Gasteiger partial charge in [-0.3, -0.25) is 14.6 Å². The van der Waals surface area contributed by atoms with Gasteiger partial charge < -0.3 is 11.1 Å². The molecule has 0 saturated carbocycles. The Hall–Kier alpha value is -2.67. The average molecular weight is 399 g/mol. The van der Waals surface area contributed by atoms with Crippen LogP contribution in [-0.2, 0) is 20.8 Å². The molecule has 1 fully saturated rings. The zero-order chi connectivity index (χ0) is 20.3. The van der Waals surface area contributed by atoms with Crippen LogP contribution in [0, 0.1) is 5.82 Å². The van der Waals surface area contributed by atoms with Crippen LogP contribution in [0.1, 0.15) is 43.0 Å². The standard InChI is InChI=1S/C21H22FN3O2S/c1-13(15-6-10-17(22)11-7-15)24-20-25-19(27)21(2,28-20)16-8-3-14(4-9-16)5-12-18(23)26/h3-4,6-11,13H,5,12H2,1-2H3,(H2,23,26)(H,24,25,27)/t13-,21?/m0/s1. The van der Waals surface area contributed by atoms with Gasteiger partial charge >= 0.3 is 0 Å². The Kier molecular flexibility index (Phi) is 5.84. The normalized spacial score (nSPS) is 21.5. The summed E-state index contributed by atoms with van der Waals surface area (Å²) in [6.45, 7) is 3.76. The van der Waals surface area contributed by atoms with Gasteiger partial charge in [0.25, 0.3) is 0 Å². The first-order valence-electron chi connectivity index (χ1n) is 8.99. The summed E-state index contributed by atoms with van der Waals surface area (Å²) in [6.07, 6.45) is 0.873. The van der Waals surface area contributed by atoms with Gasteiger partial charge in [0.2, 0.25) is 11.8 Å². The quantitative estimate of drug-likeness (QED) is 0.780. The number of amides is 2. The van der Waals surface area contributed by atoms with Crippen molar-refractivity contribution in [2.75, 3.05) is 0 Å². The summed E-state index contributed by atoms with van der Waals surface area (Å²) >= 11 is 1.37. The monoisotopic (exact) mass is 399 g/mol. The van der Waals surface area contributed by atoms with Crippen LogP contribution in [0.4, 0.5) is 4.39 Å². The summed E-state index contributed by atoms with van der Waals surface area (Å²) in [7, 11) is 0. The van der Waals surface area contributed by atoms with Crippen molar-refractivity contribution in [1.29, 1.82) is 0 Å². The van der Waals surface area contributed by atoms with Crippen molar-refractivity contribution < 1.29 is 14.0 Å². The highest BCUT2D eigenvalue weighted by Crippen LogP contribution is 2.41. The topological polar surface area (TPSA) is 84.6 Å². The largest absolute Gasteiger partial charge is 0.370 e. The number of halogens is 1. The number of hydrogen-bond acceptors (Lipinski definition) is 4. The lowest BCUT2D eigenvalue weighted by molar-refractivity contribution is -0.121. The van der Waals surface area contributed by atoms with Crippen molar-refractivity contribution >= 4 is 28.7 Å². The van der Waals surface area contributed by atoms with Crippen molar-refractivity contribution in [1.82, 2.24) is 5.32 Å². The molecule has 1 aliphatic heterocycles. The minimum atomic E-state index is -0.788. The summed E-state index contributed by atoms with van der Waals surface area (Å²) in [4.78, 5) is 28.2. The second-order valence-electron chi connectivity index (χ2n) is 6.91. The van der Waals surface area contributed by atoms with E-state index in [1.165, 1.54) is 23.9 Å². The van der Waals surface area contributed by atoms with Crippen LogP contribution in [-0.4, -0.2) is 17.0 Å². The maximum absolute atomic E-state index is 13.1. The number of hydrogen-bond donors (Lipinski definition) is 2. The Morgan fingerprint density at radius 3 is 2.46 bits per heavy atom. The Morgan fingerprint density at radius 1 is 1.21 bits per heavy atom. The number of carbonyl (C=O) groups is 2. The Balaban J connectivity index is 1.75. The van der Waals surface area contributed by atoms with Gasteiger partial charge in [0, 0.05) is 6.42 Å². The number of thioether (sulfide) groups is 1. The van der Waals surface area contributed by atoms with Crippen molar-refractivity contribution in [2.24, 2.45) is 10.7 Å². The van der Waals surface area contributed by atoms with Crippen LogP contribution in [0.5, 0.6) is 0 Å². The van der Waals surface area contributed by atoms with Gasteiger partial charge in [0.15, 0.2) is 5.17 Å². The van der Waals surface area contributed by atoms with Gasteiger partial charge in [0.05, 0.1) is 6.04 Å². The van der Waals surface area contributed by atoms with Crippen LogP contribution in [0.15, 0.2) is 53.5 Å². The maximum atomic E-state index is 13.1. The second kappa shape index (κ2) is 8.14. The van der Waals surface area contributed by atoms with E-state index < -0.39 is 4.75 Å². The van der Waals surface area contributed by atoms with Gasteiger partial charge in [-0.15, -0.1) is 0 Å². The van der Waals surface area contributed by atoms with Crippen molar-refractivity contribution in [3.8, 4) is 0 Å². The third kappa shape index (κ3) is 4.42. The van der Waals surface area contributed by atoms with E-state index in [2.05, 4.69) is 10.3 Å². The molecule has 0 spiro atoms. The number of aryl methyl sites for hydroxylation is 1. The fourth-order valence-corrected chi connectivity index (χ4v) is 4.12. The molecule has 146 valence electrons. The van der Waals surface area contributed by atoms with Crippen LogP contribution in [0.25, 0.3) is 0 Å². The van der Waals surface area contributed by atoms with Crippen LogP contribution in [0.2, 0.25) is 0 Å². The van der Waals surface area contributed by atoms with Gasteiger partial charge in [-0.1, -0.05) is 48.2 Å². The third-order valence-electron chi connectivity index (χ3n) is 4.78. The summed E-state index contributed by atoms with van der Waals surface area (Å²) in [5, 5.41) is 3.39. The number of aliphatic imine (C=N–C) groups is 1.